The summed E-state index contributed by atoms with van der Waals surface area (Å²) in [5.74, 6) is 0.0557. The topological polar surface area (TPSA) is 113 Å². The van der Waals surface area contributed by atoms with E-state index >= 15 is 0 Å². The van der Waals surface area contributed by atoms with Gasteiger partial charge in [0.2, 0.25) is 5.91 Å². The molecule has 0 heterocycles. The average Bonchev–Trinajstić information content (AvgIpc) is 2.49. The lowest BCUT2D eigenvalue weighted by atomic mass is 9.89. The number of nitrogens with two attached hydrogens (primary N) is 1. The predicted molar refractivity (Wildman–Crippen MR) is 82.4 cm³/mol. The molecule has 21 heavy (non-hydrogen) atoms. The van der Waals surface area contributed by atoms with Crippen LogP contribution in [0.1, 0.15) is 38.5 Å². The number of rotatable bonds is 6. The van der Waals surface area contributed by atoms with E-state index in [1.165, 1.54) is 0 Å². The quantitative estimate of drug-likeness (QED) is 0.534. The van der Waals surface area contributed by atoms with E-state index in [-0.39, 0.29) is 11.8 Å². The minimum absolute atomic E-state index is 0.0344. The first-order valence-corrected chi connectivity index (χ1v) is 8.58. The Morgan fingerprint density at radius 2 is 1.86 bits per heavy atom. The highest BCUT2D eigenvalue weighted by molar-refractivity contribution is 7.98. The van der Waals surface area contributed by atoms with Gasteiger partial charge in [-0.3, -0.25) is 20.4 Å². The van der Waals surface area contributed by atoms with Crippen molar-refractivity contribution in [1.82, 2.24) is 16.2 Å². The van der Waals surface area contributed by atoms with Gasteiger partial charge >= 0.3 is 6.03 Å². The van der Waals surface area contributed by atoms with Gasteiger partial charge in [-0.2, -0.15) is 11.8 Å². The summed E-state index contributed by atoms with van der Waals surface area (Å²) in [6.07, 6.45) is 7.33. The largest absolute Gasteiger partial charge is 0.352 e. The number of hydrogen-bond acceptors (Lipinski definition) is 4. The second-order valence-corrected chi connectivity index (χ2v) is 6.14. The molecule has 1 rings (SSSR count). The monoisotopic (exact) mass is 316 g/mol. The first-order chi connectivity index (χ1) is 10.0. The molecule has 0 aromatic carbocycles. The highest BCUT2D eigenvalue weighted by atomic mass is 32.2. The summed E-state index contributed by atoms with van der Waals surface area (Å²) in [6.45, 7) is 0. The van der Waals surface area contributed by atoms with E-state index in [4.69, 9.17) is 5.73 Å². The van der Waals surface area contributed by atoms with Crippen molar-refractivity contribution < 1.29 is 14.4 Å². The van der Waals surface area contributed by atoms with Gasteiger partial charge in [-0.1, -0.05) is 19.3 Å². The summed E-state index contributed by atoms with van der Waals surface area (Å²) < 4.78 is 0. The van der Waals surface area contributed by atoms with Gasteiger partial charge in [0.05, 0.1) is 0 Å². The predicted octanol–water partition coefficient (Wildman–Crippen LogP) is 0.504. The highest BCUT2D eigenvalue weighted by Crippen LogP contribution is 2.23. The standard InChI is InChI=1S/C13H24N4O3S/c1-21-8-7-10(15-13(14)20)12(19)17-16-11(18)9-5-3-2-4-6-9/h9-10H,2-8H2,1H3,(H,16,18)(H,17,19)(H3,14,15,20)/t10-/m1/s1. The SMILES string of the molecule is CSCC[C@@H](NC(N)=O)C(=O)NNC(=O)C1CCCCC1. The van der Waals surface area contributed by atoms with E-state index < -0.39 is 18.0 Å². The fourth-order valence-electron chi connectivity index (χ4n) is 2.35. The summed E-state index contributed by atoms with van der Waals surface area (Å²) in [7, 11) is 0. The molecule has 0 bridgehead atoms. The van der Waals surface area contributed by atoms with Crippen molar-refractivity contribution in [2.75, 3.05) is 12.0 Å². The Bertz CT molecular complexity index is 372. The van der Waals surface area contributed by atoms with Crippen LogP contribution in [0.2, 0.25) is 0 Å². The zero-order valence-electron chi connectivity index (χ0n) is 12.3. The van der Waals surface area contributed by atoms with E-state index in [2.05, 4.69) is 16.2 Å². The summed E-state index contributed by atoms with van der Waals surface area (Å²) in [4.78, 5) is 34.8. The Kier molecular flexibility index (Phi) is 7.96. The number of primary amides is 1. The van der Waals surface area contributed by atoms with Gasteiger partial charge in [-0.15, -0.1) is 0 Å². The van der Waals surface area contributed by atoms with Crippen molar-refractivity contribution >= 4 is 29.6 Å². The zero-order chi connectivity index (χ0) is 15.7. The molecule has 0 spiro atoms. The number of hydrogen-bond donors (Lipinski definition) is 4. The maximum absolute atomic E-state index is 12.0. The van der Waals surface area contributed by atoms with Crippen molar-refractivity contribution in [3.05, 3.63) is 0 Å². The number of hydrazine groups is 1. The van der Waals surface area contributed by atoms with Gasteiger partial charge in [0.15, 0.2) is 0 Å². The molecular weight excluding hydrogens is 292 g/mol. The lowest BCUT2D eigenvalue weighted by Gasteiger charge is -2.22. The molecule has 1 aliphatic carbocycles. The second kappa shape index (κ2) is 9.49. The maximum Gasteiger partial charge on any atom is 0.312 e. The van der Waals surface area contributed by atoms with Crippen LogP contribution in [0.5, 0.6) is 0 Å². The van der Waals surface area contributed by atoms with Gasteiger partial charge in [0.1, 0.15) is 6.04 Å². The Hall–Kier alpha value is -1.44. The number of carbonyl (C=O) groups excluding carboxylic acids is 3. The molecule has 5 N–H and O–H groups in total. The van der Waals surface area contributed by atoms with Crippen LogP contribution in [0.15, 0.2) is 0 Å². The molecule has 7 nitrogen and oxygen atoms in total. The van der Waals surface area contributed by atoms with Gasteiger partial charge in [-0.05, 0) is 31.3 Å². The van der Waals surface area contributed by atoms with E-state index in [1.54, 1.807) is 11.8 Å². The molecule has 0 unspecified atom stereocenters. The van der Waals surface area contributed by atoms with Crippen molar-refractivity contribution in [2.45, 2.75) is 44.6 Å². The number of nitrogens with one attached hydrogen (secondary N) is 3. The first kappa shape index (κ1) is 17.6. The van der Waals surface area contributed by atoms with Crippen LogP contribution in [0.4, 0.5) is 4.79 Å². The summed E-state index contributed by atoms with van der Waals surface area (Å²) in [5.41, 5.74) is 9.87. The van der Waals surface area contributed by atoms with Gasteiger partial charge < -0.3 is 11.1 Å². The number of amides is 4. The van der Waals surface area contributed by atoms with Gasteiger partial charge in [-0.25, -0.2) is 4.79 Å². The molecule has 0 aromatic heterocycles. The van der Waals surface area contributed by atoms with Crippen LogP contribution in [-0.4, -0.2) is 35.9 Å². The third-order valence-electron chi connectivity index (χ3n) is 3.53. The van der Waals surface area contributed by atoms with E-state index in [0.29, 0.717) is 12.2 Å². The number of carbonyl (C=O) groups is 3. The van der Waals surface area contributed by atoms with Crippen LogP contribution in [0, 0.1) is 5.92 Å². The summed E-state index contributed by atoms with van der Waals surface area (Å²) in [5, 5.41) is 2.38. The Labute approximate surface area is 129 Å². The number of thioether (sulfide) groups is 1. The Morgan fingerprint density at radius 3 is 2.43 bits per heavy atom. The molecule has 1 saturated carbocycles. The highest BCUT2D eigenvalue weighted by Gasteiger charge is 2.23. The summed E-state index contributed by atoms with van der Waals surface area (Å²) >= 11 is 1.56. The molecule has 4 amide bonds. The van der Waals surface area contributed by atoms with Crippen molar-refractivity contribution in [3.63, 3.8) is 0 Å². The van der Waals surface area contributed by atoms with Crippen molar-refractivity contribution in [3.8, 4) is 0 Å². The van der Waals surface area contributed by atoms with Crippen LogP contribution in [-0.2, 0) is 9.59 Å². The molecule has 0 aromatic rings. The van der Waals surface area contributed by atoms with Crippen LogP contribution >= 0.6 is 11.8 Å². The molecule has 8 heteroatoms. The molecule has 1 atom stereocenters. The van der Waals surface area contributed by atoms with E-state index in [9.17, 15) is 14.4 Å². The van der Waals surface area contributed by atoms with Gasteiger partial charge in [0.25, 0.3) is 5.91 Å². The normalized spacial score (nSPS) is 16.8. The maximum atomic E-state index is 12.0. The molecule has 0 saturated heterocycles. The summed E-state index contributed by atoms with van der Waals surface area (Å²) in [6, 6.07) is -1.49. The average molecular weight is 316 g/mol. The zero-order valence-corrected chi connectivity index (χ0v) is 13.1. The molecule has 1 fully saturated rings. The minimum atomic E-state index is -0.755. The first-order valence-electron chi connectivity index (χ1n) is 7.19. The second-order valence-electron chi connectivity index (χ2n) is 5.16. The van der Waals surface area contributed by atoms with Crippen LogP contribution in [0.3, 0.4) is 0 Å². The van der Waals surface area contributed by atoms with E-state index in [0.717, 1.165) is 32.1 Å². The Balaban J connectivity index is 2.40. The molecule has 0 aliphatic heterocycles. The van der Waals surface area contributed by atoms with Crippen LogP contribution < -0.4 is 21.9 Å². The lowest BCUT2D eigenvalue weighted by Crippen LogP contribution is -2.54. The van der Waals surface area contributed by atoms with Crippen LogP contribution in [0.25, 0.3) is 0 Å². The van der Waals surface area contributed by atoms with Crippen molar-refractivity contribution in [1.29, 1.82) is 0 Å². The molecular formula is C13H24N4O3S. The smallest absolute Gasteiger partial charge is 0.312 e. The third kappa shape index (κ3) is 6.70. The third-order valence-corrected chi connectivity index (χ3v) is 4.17. The lowest BCUT2D eigenvalue weighted by molar-refractivity contribution is -0.132. The minimum Gasteiger partial charge on any atom is -0.352 e. The Morgan fingerprint density at radius 1 is 1.19 bits per heavy atom. The fourth-order valence-corrected chi connectivity index (χ4v) is 2.82. The molecule has 120 valence electrons. The van der Waals surface area contributed by atoms with Crippen molar-refractivity contribution in [2.24, 2.45) is 11.7 Å². The molecule has 0 radical (unpaired) electrons. The van der Waals surface area contributed by atoms with Gasteiger partial charge in [0, 0.05) is 5.92 Å². The number of urea groups is 1. The molecule has 1 aliphatic rings. The van der Waals surface area contributed by atoms with E-state index in [1.807, 2.05) is 6.26 Å². The fraction of sp³-hybridized carbons (Fsp3) is 0.769.